The summed E-state index contributed by atoms with van der Waals surface area (Å²) in [7, 11) is 0. The molecule has 20 valence electrons. The molecular weight excluding hydrogens is 275 g/mol. The van der Waals surface area contributed by atoms with Gasteiger partial charge in [-0.15, -0.1) is 0 Å². The second kappa shape index (κ2) is 17.9. The van der Waals surface area contributed by atoms with Crippen molar-refractivity contribution in [3.63, 3.8) is 0 Å². The van der Waals surface area contributed by atoms with Crippen LogP contribution in [0.5, 0.6) is 0 Å². The van der Waals surface area contributed by atoms with Gasteiger partial charge in [0.05, 0.1) is 0 Å². The first-order chi connectivity index (χ1) is 0. The molecule has 0 heterocycles. The third-order valence-electron chi connectivity index (χ3n) is 0. The minimum Gasteiger partial charge on any atom is 0 e. The number of hydrogen-bond acceptors (Lipinski definition) is 0. The maximum Gasteiger partial charge on any atom is 0 e. The van der Waals surface area contributed by atoms with Crippen molar-refractivity contribution in [3.8, 4) is 0 Å². The summed E-state index contributed by atoms with van der Waals surface area (Å²) in [6, 6.07) is 0. The molecule has 8 radical (unpaired) electrons. The van der Waals surface area contributed by atoms with Gasteiger partial charge in [0.25, 0.3) is 0 Å². The predicted molar refractivity (Wildman–Crippen MR) is 11.5 cm³/mol. The fourth-order valence-corrected chi connectivity index (χ4v) is 0. The Morgan fingerprint density at radius 1 is 1.00 bits per heavy atom. The molecule has 4 heavy (non-hydrogen) atoms. The molecule has 4 heteroatoms. The molecule has 0 unspecified atom stereocenters. The smallest absolute Gasteiger partial charge is 0 e. The zero-order valence-corrected chi connectivity index (χ0v) is 10.0. The molecule has 0 bridgehead atoms. The Balaban J connectivity index is 0. The molecule has 0 aliphatic carbocycles. The van der Waals surface area contributed by atoms with Crippen molar-refractivity contribution in [2.45, 2.75) is 0 Å². The van der Waals surface area contributed by atoms with E-state index in [2.05, 4.69) is 0 Å². The maximum absolute atomic E-state index is 0. The van der Waals surface area contributed by atoms with E-state index in [9.17, 15) is 0 Å². The molecule has 0 spiro atoms. The van der Waals surface area contributed by atoms with Gasteiger partial charge in [0.2, 0.25) is 0 Å². The minimum atomic E-state index is 0. The van der Waals surface area contributed by atoms with Gasteiger partial charge in [-0.25, -0.2) is 0 Å². The van der Waals surface area contributed by atoms with Crippen molar-refractivity contribution in [1.82, 2.24) is 0 Å². The van der Waals surface area contributed by atoms with Crippen molar-refractivity contribution in [2.75, 3.05) is 0 Å². The Labute approximate surface area is 76.8 Å². The number of hydrogen-bond donors (Lipinski definition) is 0. The average Bonchev–Trinajstić information content (AvgIpc) is 0. The average molecular weight is 275 g/mol. The van der Waals surface area contributed by atoms with Crippen molar-refractivity contribution in [3.05, 3.63) is 0 Å². The standard InChI is InChI=1S/Al.Cu.Sn.Zn. The van der Waals surface area contributed by atoms with Crippen LogP contribution in [0.1, 0.15) is 0 Å². The summed E-state index contributed by atoms with van der Waals surface area (Å²) >= 11 is 0. The van der Waals surface area contributed by atoms with Gasteiger partial charge in [-0.1, -0.05) is 0 Å². The van der Waals surface area contributed by atoms with Gasteiger partial charge in [-0.05, 0) is 0 Å². The van der Waals surface area contributed by atoms with E-state index < -0.39 is 0 Å². The summed E-state index contributed by atoms with van der Waals surface area (Å²) in [4.78, 5) is 0. The van der Waals surface area contributed by atoms with Gasteiger partial charge in [0, 0.05) is 77.8 Å². The van der Waals surface area contributed by atoms with Crippen LogP contribution >= 0.6 is 0 Å². The van der Waals surface area contributed by atoms with Gasteiger partial charge in [-0.2, -0.15) is 0 Å². The van der Waals surface area contributed by atoms with Crippen molar-refractivity contribution in [2.24, 2.45) is 0 Å². The van der Waals surface area contributed by atoms with E-state index >= 15 is 0 Å². The van der Waals surface area contributed by atoms with Crippen molar-refractivity contribution in [1.29, 1.82) is 0 Å². The van der Waals surface area contributed by atoms with Gasteiger partial charge >= 0.3 is 0 Å². The zero-order chi connectivity index (χ0) is 0. The van der Waals surface area contributed by atoms with Crippen LogP contribution in [0.4, 0.5) is 0 Å². The first-order valence-corrected chi connectivity index (χ1v) is 0. The summed E-state index contributed by atoms with van der Waals surface area (Å²) in [5.41, 5.74) is 0. The van der Waals surface area contributed by atoms with Crippen LogP contribution in [0, 0.1) is 0 Å². The van der Waals surface area contributed by atoms with Gasteiger partial charge in [-0.3, -0.25) is 0 Å². The Kier molecular flexibility index (Phi) is 142. The van der Waals surface area contributed by atoms with Gasteiger partial charge in [0.15, 0.2) is 0 Å². The van der Waals surface area contributed by atoms with Crippen LogP contribution < -0.4 is 0 Å². The quantitative estimate of drug-likeness (QED) is 0.509. The van der Waals surface area contributed by atoms with Gasteiger partial charge in [0.1, 0.15) is 0 Å². The van der Waals surface area contributed by atoms with E-state index in [1.165, 1.54) is 0 Å². The van der Waals surface area contributed by atoms with Crippen LogP contribution in [0.25, 0.3) is 0 Å². The Hall–Kier alpha value is 2.47. The molecule has 0 aromatic heterocycles. The first kappa shape index (κ1) is 31.7. The van der Waals surface area contributed by atoms with E-state index in [1.54, 1.807) is 0 Å². The van der Waals surface area contributed by atoms with E-state index in [0.29, 0.717) is 0 Å². The molecule has 0 aliphatic rings. The van der Waals surface area contributed by atoms with Crippen LogP contribution in [-0.4, -0.2) is 41.3 Å². The van der Waals surface area contributed by atoms with E-state index in [4.69, 9.17) is 0 Å². The van der Waals surface area contributed by atoms with E-state index in [0.717, 1.165) is 0 Å². The maximum atomic E-state index is 0. The van der Waals surface area contributed by atoms with E-state index in [1.807, 2.05) is 0 Å². The fourth-order valence-electron chi connectivity index (χ4n) is 0. The summed E-state index contributed by atoms with van der Waals surface area (Å²) in [5.74, 6) is 0. The molecule has 0 amide bonds. The second-order valence-corrected chi connectivity index (χ2v) is 0. The molecular formula is AlCuSnZn. The number of rotatable bonds is 0. The minimum absolute atomic E-state index is 0. The fraction of sp³-hybridized carbons (Fsp3) is 0. The van der Waals surface area contributed by atoms with Crippen LogP contribution in [0.2, 0.25) is 0 Å². The molecule has 0 rings (SSSR count). The summed E-state index contributed by atoms with van der Waals surface area (Å²) < 4.78 is 0. The second-order valence-electron chi connectivity index (χ2n) is 0. The zero-order valence-electron chi connectivity index (χ0n) is 2.09. The molecule has 0 saturated carbocycles. The van der Waals surface area contributed by atoms with E-state index in [-0.39, 0.29) is 77.8 Å². The molecule has 0 nitrogen and oxygen atoms in total. The summed E-state index contributed by atoms with van der Waals surface area (Å²) in [6.07, 6.45) is 0. The molecule has 0 atom stereocenters. The van der Waals surface area contributed by atoms with Crippen molar-refractivity contribution >= 4 is 41.3 Å². The summed E-state index contributed by atoms with van der Waals surface area (Å²) in [6.45, 7) is 0. The monoisotopic (exact) mass is 274 g/mol. The molecule has 0 aromatic carbocycles. The van der Waals surface area contributed by atoms with Gasteiger partial charge < -0.3 is 0 Å². The van der Waals surface area contributed by atoms with Crippen LogP contribution in [-0.2, 0) is 36.5 Å². The van der Waals surface area contributed by atoms with Crippen LogP contribution in [0.3, 0.4) is 0 Å². The first-order valence-electron chi connectivity index (χ1n) is 0. The van der Waals surface area contributed by atoms with Crippen molar-refractivity contribution < 1.29 is 36.5 Å². The largest absolute Gasteiger partial charge is 0 e. The Morgan fingerprint density at radius 3 is 1.00 bits per heavy atom. The molecule has 0 aromatic rings. The normalized spacial score (nSPS) is 0. The third-order valence-corrected chi connectivity index (χ3v) is 0. The van der Waals surface area contributed by atoms with Crippen LogP contribution in [0.15, 0.2) is 0 Å². The Bertz CT molecular complexity index is 8.00. The Morgan fingerprint density at radius 2 is 1.00 bits per heavy atom. The molecule has 0 fully saturated rings. The molecule has 0 N–H and O–H groups in total. The molecule has 0 saturated heterocycles. The topological polar surface area (TPSA) is 0 Å². The predicted octanol–water partition coefficient (Wildman–Crippen LogP) is -0.767. The molecule has 0 aliphatic heterocycles. The third kappa shape index (κ3) is 8.82. The SMILES string of the molecule is [Al].[Cu].[Sn].[Zn]. The summed E-state index contributed by atoms with van der Waals surface area (Å²) in [5, 5.41) is 0.